The Balaban J connectivity index is 1.31. The van der Waals surface area contributed by atoms with Crippen LogP contribution in [0, 0.1) is 12.8 Å². The first-order chi connectivity index (χ1) is 18.0. The summed E-state index contributed by atoms with van der Waals surface area (Å²) in [5.74, 6) is 0.861. The van der Waals surface area contributed by atoms with Crippen LogP contribution in [0.15, 0.2) is 48.5 Å². The summed E-state index contributed by atoms with van der Waals surface area (Å²) < 4.78 is 11.1. The van der Waals surface area contributed by atoms with Gasteiger partial charge in [-0.05, 0) is 48.9 Å². The molecular weight excluding hydrogens is 468 g/mol. The lowest BCUT2D eigenvalue weighted by Crippen LogP contribution is -2.54. The van der Waals surface area contributed by atoms with Crippen LogP contribution < -0.4 is 20.7 Å². The van der Waals surface area contributed by atoms with Crippen molar-refractivity contribution in [2.75, 3.05) is 33.4 Å². The minimum atomic E-state index is -0.208. The zero-order valence-electron chi connectivity index (χ0n) is 22.0. The number of carbonyl (C=O) groups excluding carboxylic acids is 2. The molecule has 3 amide bonds. The molecule has 2 aliphatic rings. The van der Waals surface area contributed by atoms with E-state index < -0.39 is 0 Å². The molecule has 3 N–H and O–H groups in total. The molecule has 2 aromatic carbocycles. The lowest BCUT2D eigenvalue weighted by molar-refractivity contribution is -0.137. The number of piperidine rings is 1. The number of ether oxygens (including phenoxy) is 2. The van der Waals surface area contributed by atoms with E-state index in [2.05, 4.69) is 34.1 Å². The SMILES string of the molecule is COCCCOc1cc(CN(C(=O)[C@@H]2CNC[C@H](NC(=O)NCc3ccccc3)C2)C2CC2)ccc1C. The minimum absolute atomic E-state index is 0.0917. The molecular formula is C29H40N4O4. The summed E-state index contributed by atoms with van der Waals surface area (Å²) in [5.41, 5.74) is 3.21. The highest BCUT2D eigenvalue weighted by Gasteiger charge is 2.38. The minimum Gasteiger partial charge on any atom is -0.493 e. The number of nitrogens with zero attached hydrogens (tertiary/aromatic N) is 1. The fourth-order valence-electron chi connectivity index (χ4n) is 4.74. The monoisotopic (exact) mass is 508 g/mol. The molecule has 0 bridgehead atoms. The molecule has 1 heterocycles. The van der Waals surface area contributed by atoms with Gasteiger partial charge in [0, 0.05) is 58.4 Å². The van der Waals surface area contributed by atoms with Crippen LogP contribution in [0.4, 0.5) is 4.79 Å². The van der Waals surface area contributed by atoms with E-state index >= 15 is 0 Å². The van der Waals surface area contributed by atoms with E-state index in [-0.39, 0.29) is 23.9 Å². The predicted molar refractivity (Wildman–Crippen MR) is 143 cm³/mol. The van der Waals surface area contributed by atoms with Crippen LogP contribution in [0.3, 0.4) is 0 Å². The molecule has 4 rings (SSSR count). The van der Waals surface area contributed by atoms with Crippen molar-refractivity contribution in [1.82, 2.24) is 20.9 Å². The maximum atomic E-state index is 13.6. The summed E-state index contributed by atoms with van der Waals surface area (Å²) in [5, 5.41) is 9.31. The van der Waals surface area contributed by atoms with Gasteiger partial charge in [-0.2, -0.15) is 0 Å². The summed E-state index contributed by atoms with van der Waals surface area (Å²) in [6, 6.07) is 16.0. The van der Waals surface area contributed by atoms with Crippen LogP contribution in [-0.2, 0) is 22.6 Å². The smallest absolute Gasteiger partial charge is 0.315 e. The van der Waals surface area contributed by atoms with Crippen molar-refractivity contribution in [3.8, 4) is 5.75 Å². The summed E-state index contributed by atoms with van der Waals surface area (Å²) >= 11 is 0. The number of carbonyl (C=O) groups is 2. The van der Waals surface area contributed by atoms with Crippen molar-refractivity contribution in [1.29, 1.82) is 0 Å². The van der Waals surface area contributed by atoms with Gasteiger partial charge in [-0.3, -0.25) is 4.79 Å². The van der Waals surface area contributed by atoms with E-state index in [9.17, 15) is 9.59 Å². The van der Waals surface area contributed by atoms with Crippen molar-refractivity contribution < 1.29 is 19.1 Å². The third kappa shape index (κ3) is 8.20. The van der Waals surface area contributed by atoms with E-state index in [1.807, 2.05) is 42.2 Å². The summed E-state index contributed by atoms with van der Waals surface area (Å²) in [4.78, 5) is 28.1. The second-order valence-electron chi connectivity index (χ2n) is 10.1. The zero-order chi connectivity index (χ0) is 26.0. The Morgan fingerprint density at radius 3 is 2.62 bits per heavy atom. The first-order valence-electron chi connectivity index (χ1n) is 13.3. The van der Waals surface area contributed by atoms with Gasteiger partial charge < -0.3 is 30.3 Å². The van der Waals surface area contributed by atoms with Crippen LogP contribution in [0.1, 0.15) is 42.4 Å². The van der Waals surface area contributed by atoms with Crippen molar-refractivity contribution >= 4 is 11.9 Å². The maximum absolute atomic E-state index is 13.6. The van der Waals surface area contributed by atoms with Crippen molar-refractivity contribution in [3.05, 3.63) is 65.2 Å². The van der Waals surface area contributed by atoms with Crippen LogP contribution in [0.25, 0.3) is 0 Å². The molecule has 2 fully saturated rings. The van der Waals surface area contributed by atoms with E-state index in [1.54, 1.807) is 7.11 Å². The maximum Gasteiger partial charge on any atom is 0.315 e. The zero-order valence-corrected chi connectivity index (χ0v) is 22.0. The normalized spacial score (nSPS) is 19.2. The topological polar surface area (TPSA) is 91.9 Å². The third-order valence-electron chi connectivity index (χ3n) is 6.96. The average molecular weight is 509 g/mol. The van der Waals surface area contributed by atoms with Gasteiger partial charge in [-0.25, -0.2) is 4.79 Å². The summed E-state index contributed by atoms with van der Waals surface area (Å²) in [7, 11) is 1.69. The van der Waals surface area contributed by atoms with Crippen LogP contribution in [0.2, 0.25) is 0 Å². The molecule has 200 valence electrons. The first-order valence-corrected chi connectivity index (χ1v) is 13.3. The van der Waals surface area contributed by atoms with Crippen molar-refractivity contribution in [3.63, 3.8) is 0 Å². The Hall–Kier alpha value is -3.10. The first kappa shape index (κ1) is 26.9. The molecule has 0 radical (unpaired) electrons. The van der Waals surface area contributed by atoms with Gasteiger partial charge in [0.25, 0.3) is 0 Å². The van der Waals surface area contributed by atoms with Crippen LogP contribution in [0.5, 0.6) is 5.75 Å². The molecule has 0 aromatic heterocycles. The number of nitrogens with one attached hydrogen (secondary N) is 3. The fourth-order valence-corrected chi connectivity index (χ4v) is 4.74. The molecule has 2 atom stereocenters. The largest absolute Gasteiger partial charge is 0.493 e. The van der Waals surface area contributed by atoms with Gasteiger partial charge in [0.15, 0.2) is 0 Å². The van der Waals surface area contributed by atoms with Gasteiger partial charge in [-0.1, -0.05) is 42.5 Å². The quantitative estimate of drug-likeness (QED) is 0.383. The van der Waals surface area contributed by atoms with E-state index in [1.165, 1.54) is 0 Å². The number of hydrogen-bond acceptors (Lipinski definition) is 5. The number of amides is 3. The van der Waals surface area contributed by atoms with Crippen LogP contribution >= 0.6 is 0 Å². The summed E-state index contributed by atoms with van der Waals surface area (Å²) in [6.07, 6.45) is 3.56. The van der Waals surface area contributed by atoms with Gasteiger partial charge in [0.05, 0.1) is 12.5 Å². The highest BCUT2D eigenvalue weighted by atomic mass is 16.5. The third-order valence-corrected chi connectivity index (χ3v) is 6.96. The van der Waals surface area contributed by atoms with Crippen molar-refractivity contribution in [2.24, 2.45) is 5.92 Å². The Morgan fingerprint density at radius 2 is 1.86 bits per heavy atom. The van der Waals surface area contributed by atoms with E-state index in [0.29, 0.717) is 51.9 Å². The van der Waals surface area contributed by atoms with E-state index in [0.717, 1.165) is 41.7 Å². The molecule has 1 saturated carbocycles. The number of urea groups is 1. The number of hydrogen-bond donors (Lipinski definition) is 3. The second kappa shape index (κ2) is 13.4. The molecule has 0 unspecified atom stereocenters. The molecule has 37 heavy (non-hydrogen) atoms. The number of benzene rings is 2. The molecule has 1 aliphatic carbocycles. The molecule has 2 aromatic rings. The standard InChI is InChI=1S/C29H40N4O4/c1-21-9-10-23(15-27(21)37-14-6-13-36-2)20-33(26-11-12-26)28(34)24-16-25(19-30-18-24)32-29(35)31-17-22-7-4-3-5-8-22/h3-5,7-10,15,24-26,30H,6,11-14,16-20H2,1-2H3,(H2,31,32,35)/t24-,25+/m0/s1. The van der Waals surface area contributed by atoms with Crippen LogP contribution in [-0.4, -0.2) is 62.3 Å². The Morgan fingerprint density at radius 1 is 1.05 bits per heavy atom. The second-order valence-corrected chi connectivity index (χ2v) is 10.1. The van der Waals surface area contributed by atoms with Gasteiger partial charge in [0.2, 0.25) is 5.91 Å². The van der Waals surface area contributed by atoms with Gasteiger partial charge in [0.1, 0.15) is 5.75 Å². The summed E-state index contributed by atoms with van der Waals surface area (Å²) in [6.45, 7) is 5.65. The molecule has 8 heteroatoms. The van der Waals surface area contributed by atoms with Gasteiger partial charge >= 0.3 is 6.03 Å². The van der Waals surface area contributed by atoms with Crippen molar-refractivity contribution in [2.45, 2.75) is 57.8 Å². The molecule has 1 saturated heterocycles. The highest BCUT2D eigenvalue weighted by Crippen LogP contribution is 2.32. The Bertz CT molecular complexity index is 1030. The fraction of sp³-hybridized carbons (Fsp3) is 0.517. The number of methoxy groups -OCH3 is 1. The van der Waals surface area contributed by atoms with Gasteiger partial charge in [-0.15, -0.1) is 0 Å². The Labute approximate surface area is 220 Å². The molecule has 8 nitrogen and oxygen atoms in total. The number of aryl methyl sites for hydroxylation is 1. The average Bonchev–Trinajstić information content (AvgIpc) is 3.76. The predicted octanol–water partition coefficient (Wildman–Crippen LogP) is 3.38. The number of rotatable bonds is 12. The molecule has 0 spiro atoms. The lowest BCUT2D eigenvalue weighted by Gasteiger charge is -2.34. The molecule has 1 aliphatic heterocycles. The lowest BCUT2D eigenvalue weighted by atomic mass is 9.94. The highest BCUT2D eigenvalue weighted by molar-refractivity contribution is 5.80. The van der Waals surface area contributed by atoms with E-state index in [4.69, 9.17) is 9.47 Å². The Kier molecular flexibility index (Phi) is 9.79.